The number of halogens is 3. The molecule has 0 rings (SSSR count). The Morgan fingerprint density at radius 2 is 1.45 bits per heavy atom. The van der Waals surface area contributed by atoms with Gasteiger partial charge in [-0.05, 0) is 58.7 Å². The van der Waals surface area contributed by atoms with E-state index in [9.17, 15) is 18.0 Å². The first kappa shape index (κ1) is 22.3. The van der Waals surface area contributed by atoms with Crippen LogP contribution in [0, 0.1) is 0 Å². The Bertz CT molecular complexity index is 368. The summed E-state index contributed by atoms with van der Waals surface area (Å²) in [5.41, 5.74) is 0. The SMILES string of the molecule is CCC(C)(O[Si](C)(C)O[Si](C)(C)C)[Si](C)(O)CCC(F)(F)F. The predicted octanol–water partition coefficient (Wildman–Crippen LogP) is 4.78. The molecule has 0 bridgehead atoms. The van der Waals surface area contributed by atoms with E-state index in [0.717, 1.165) is 0 Å². The van der Waals surface area contributed by atoms with Crippen LogP contribution in [0.25, 0.3) is 0 Å². The van der Waals surface area contributed by atoms with Gasteiger partial charge in [-0.3, -0.25) is 0 Å². The summed E-state index contributed by atoms with van der Waals surface area (Å²) < 4.78 is 49.8. The summed E-state index contributed by atoms with van der Waals surface area (Å²) in [6.07, 6.45) is -4.76. The largest absolute Gasteiger partial charge is 0.436 e. The molecule has 9 heteroatoms. The van der Waals surface area contributed by atoms with E-state index in [0.29, 0.717) is 6.42 Å². The standard InChI is InChI=1S/C13H31F3O3Si3/c1-9-12(2,18-21(6,7)19-20(3,4)5)22(8,17)11-10-13(14,15)16/h17H,9-11H2,1-8H3. The van der Waals surface area contributed by atoms with Gasteiger partial charge in [0.1, 0.15) is 0 Å². The molecule has 2 unspecified atom stereocenters. The average Bonchev–Trinajstić information content (AvgIpc) is 2.21. The van der Waals surface area contributed by atoms with E-state index in [1.807, 2.05) is 39.7 Å². The number of alkyl halides is 3. The molecule has 134 valence electrons. The molecule has 0 fully saturated rings. The van der Waals surface area contributed by atoms with Crippen molar-refractivity contribution in [3.8, 4) is 0 Å². The van der Waals surface area contributed by atoms with Crippen molar-refractivity contribution in [1.82, 2.24) is 0 Å². The van der Waals surface area contributed by atoms with Crippen LogP contribution in [0.4, 0.5) is 13.2 Å². The quantitative estimate of drug-likeness (QED) is 0.619. The van der Waals surface area contributed by atoms with Crippen molar-refractivity contribution in [2.45, 2.75) is 83.4 Å². The molecule has 3 nitrogen and oxygen atoms in total. The van der Waals surface area contributed by atoms with Gasteiger partial charge in [-0.1, -0.05) is 6.92 Å². The fourth-order valence-corrected chi connectivity index (χ4v) is 13.5. The van der Waals surface area contributed by atoms with Crippen LogP contribution in [-0.4, -0.2) is 41.4 Å². The van der Waals surface area contributed by atoms with E-state index in [1.54, 1.807) is 13.5 Å². The van der Waals surface area contributed by atoms with E-state index in [4.69, 9.17) is 8.54 Å². The van der Waals surface area contributed by atoms with Crippen molar-refractivity contribution in [3.63, 3.8) is 0 Å². The fourth-order valence-electron chi connectivity index (χ4n) is 2.51. The van der Waals surface area contributed by atoms with E-state index in [2.05, 4.69) is 0 Å². The lowest BCUT2D eigenvalue weighted by atomic mass is 10.3. The zero-order valence-electron chi connectivity index (χ0n) is 15.0. The topological polar surface area (TPSA) is 38.7 Å². The minimum Gasteiger partial charge on any atom is -0.436 e. The summed E-state index contributed by atoms with van der Waals surface area (Å²) in [7, 11) is -7.57. The highest BCUT2D eigenvalue weighted by molar-refractivity contribution is 6.82. The number of rotatable bonds is 8. The van der Waals surface area contributed by atoms with Gasteiger partial charge in [-0.15, -0.1) is 0 Å². The lowest BCUT2D eigenvalue weighted by molar-refractivity contribution is -0.131. The molecule has 0 saturated heterocycles. The minimum absolute atomic E-state index is 0.252. The van der Waals surface area contributed by atoms with Gasteiger partial charge in [0.15, 0.2) is 8.32 Å². The van der Waals surface area contributed by atoms with Crippen LogP contribution in [0.1, 0.15) is 26.7 Å². The van der Waals surface area contributed by atoms with Gasteiger partial charge in [0.2, 0.25) is 8.32 Å². The van der Waals surface area contributed by atoms with Crippen LogP contribution in [0.2, 0.25) is 45.3 Å². The zero-order valence-corrected chi connectivity index (χ0v) is 18.0. The van der Waals surface area contributed by atoms with Crippen molar-refractivity contribution in [2.75, 3.05) is 0 Å². The molecule has 0 spiro atoms. The molecular weight excluding hydrogens is 345 g/mol. The third kappa shape index (κ3) is 7.73. The first-order valence-electron chi connectivity index (χ1n) is 7.62. The van der Waals surface area contributed by atoms with E-state index < -0.39 is 43.0 Å². The van der Waals surface area contributed by atoms with Crippen molar-refractivity contribution in [1.29, 1.82) is 0 Å². The molecule has 0 aromatic carbocycles. The van der Waals surface area contributed by atoms with Crippen LogP contribution < -0.4 is 0 Å². The first-order valence-corrected chi connectivity index (χ1v) is 16.5. The summed E-state index contributed by atoms with van der Waals surface area (Å²) >= 11 is 0. The van der Waals surface area contributed by atoms with E-state index in [-0.39, 0.29) is 6.04 Å². The summed E-state index contributed by atoms with van der Waals surface area (Å²) in [5, 5.41) is -0.937. The Labute approximate surface area is 135 Å². The molecule has 0 aliphatic heterocycles. The second kappa shape index (κ2) is 7.06. The summed E-state index contributed by atoms with van der Waals surface area (Å²) in [6.45, 7) is 15.1. The molecule has 0 amide bonds. The highest BCUT2D eigenvalue weighted by Crippen LogP contribution is 2.36. The van der Waals surface area contributed by atoms with Gasteiger partial charge in [-0.2, -0.15) is 13.2 Å². The Balaban J connectivity index is 5.16. The van der Waals surface area contributed by atoms with Gasteiger partial charge in [0.05, 0.1) is 5.22 Å². The van der Waals surface area contributed by atoms with Gasteiger partial charge < -0.3 is 13.3 Å². The molecule has 0 radical (unpaired) electrons. The molecule has 0 aromatic rings. The molecule has 0 saturated carbocycles. The Hall–Kier alpha value is 0.321. The van der Waals surface area contributed by atoms with E-state index >= 15 is 0 Å². The molecule has 1 N–H and O–H groups in total. The zero-order chi connectivity index (χ0) is 18.0. The summed E-state index contributed by atoms with van der Waals surface area (Å²) in [5.74, 6) is 0. The highest BCUT2D eigenvalue weighted by atomic mass is 28.4. The third-order valence-corrected chi connectivity index (χ3v) is 13.3. The molecule has 22 heavy (non-hydrogen) atoms. The van der Waals surface area contributed by atoms with Crippen LogP contribution in [-0.2, 0) is 8.54 Å². The second-order valence-corrected chi connectivity index (χ2v) is 19.8. The Kier molecular flexibility index (Phi) is 7.16. The maximum Gasteiger partial charge on any atom is 0.388 e. The third-order valence-electron chi connectivity index (χ3n) is 3.73. The fraction of sp³-hybridized carbons (Fsp3) is 1.00. The molecule has 0 aromatic heterocycles. The highest BCUT2D eigenvalue weighted by Gasteiger charge is 2.51. The monoisotopic (exact) mass is 376 g/mol. The van der Waals surface area contributed by atoms with Gasteiger partial charge >= 0.3 is 14.7 Å². The number of hydrogen-bond acceptors (Lipinski definition) is 3. The molecule has 0 heterocycles. The lowest BCUT2D eigenvalue weighted by Gasteiger charge is -2.46. The van der Waals surface area contributed by atoms with Crippen molar-refractivity contribution < 1.29 is 26.5 Å². The van der Waals surface area contributed by atoms with Crippen molar-refractivity contribution in [2.24, 2.45) is 0 Å². The predicted molar refractivity (Wildman–Crippen MR) is 91.0 cm³/mol. The van der Waals surface area contributed by atoms with Crippen molar-refractivity contribution >= 4 is 25.2 Å². The molecular formula is C13H31F3O3Si3. The summed E-state index contributed by atoms with van der Waals surface area (Å²) in [4.78, 5) is 10.8. The maximum atomic E-state index is 12.5. The average molecular weight is 377 g/mol. The normalized spacial score (nSPS) is 19.6. The van der Waals surface area contributed by atoms with Crippen molar-refractivity contribution in [3.05, 3.63) is 0 Å². The molecule has 2 atom stereocenters. The van der Waals surface area contributed by atoms with Crippen LogP contribution >= 0.6 is 0 Å². The first-order chi connectivity index (χ1) is 9.43. The second-order valence-electron chi connectivity index (χ2n) is 7.69. The van der Waals surface area contributed by atoms with E-state index in [1.165, 1.54) is 0 Å². The smallest absolute Gasteiger partial charge is 0.388 e. The van der Waals surface area contributed by atoms with Gasteiger partial charge in [0.25, 0.3) is 0 Å². The lowest BCUT2D eigenvalue weighted by Crippen LogP contribution is -2.62. The van der Waals surface area contributed by atoms with Crippen LogP contribution in [0.3, 0.4) is 0 Å². The Morgan fingerprint density at radius 3 is 1.77 bits per heavy atom. The molecule has 0 aliphatic carbocycles. The summed E-state index contributed by atoms with van der Waals surface area (Å²) in [6, 6.07) is -0.252. The Morgan fingerprint density at radius 1 is 1.00 bits per heavy atom. The van der Waals surface area contributed by atoms with Crippen LogP contribution in [0.5, 0.6) is 0 Å². The minimum atomic E-state index is -4.26. The van der Waals surface area contributed by atoms with Crippen LogP contribution in [0.15, 0.2) is 0 Å². The van der Waals surface area contributed by atoms with Gasteiger partial charge in [-0.25, -0.2) is 0 Å². The van der Waals surface area contributed by atoms with Gasteiger partial charge in [0, 0.05) is 6.42 Å². The number of hydrogen-bond donors (Lipinski definition) is 1. The maximum absolute atomic E-state index is 12.5. The molecule has 0 aliphatic rings.